The highest BCUT2D eigenvalue weighted by Gasteiger charge is 2.39. The van der Waals surface area contributed by atoms with Crippen LogP contribution in [0.3, 0.4) is 0 Å². The molecule has 1 aliphatic carbocycles. The van der Waals surface area contributed by atoms with E-state index in [2.05, 4.69) is 23.7 Å². The molecular weight excluding hydrogens is 250 g/mol. The number of anilines is 1. The summed E-state index contributed by atoms with van der Waals surface area (Å²) >= 11 is 0. The summed E-state index contributed by atoms with van der Waals surface area (Å²) in [5.41, 5.74) is 6.30. The second-order valence-corrected chi connectivity index (χ2v) is 6.42. The van der Waals surface area contributed by atoms with Crippen molar-refractivity contribution < 1.29 is 4.74 Å². The summed E-state index contributed by atoms with van der Waals surface area (Å²) in [5, 5.41) is 0. The molecule has 0 aromatic carbocycles. The summed E-state index contributed by atoms with van der Waals surface area (Å²) in [5.74, 6) is 3.24. The van der Waals surface area contributed by atoms with Gasteiger partial charge in [-0.25, -0.2) is 4.98 Å². The highest BCUT2D eigenvalue weighted by molar-refractivity contribution is 5.53. The molecule has 3 unspecified atom stereocenters. The summed E-state index contributed by atoms with van der Waals surface area (Å²) in [6.45, 7) is 6.20. The van der Waals surface area contributed by atoms with Crippen LogP contribution in [-0.2, 0) is 0 Å². The van der Waals surface area contributed by atoms with Crippen molar-refractivity contribution in [2.45, 2.75) is 45.3 Å². The number of pyridine rings is 1. The van der Waals surface area contributed by atoms with Gasteiger partial charge < -0.3 is 15.4 Å². The molecule has 1 saturated carbocycles. The van der Waals surface area contributed by atoms with Crippen molar-refractivity contribution in [1.82, 2.24) is 4.98 Å². The fourth-order valence-electron chi connectivity index (χ4n) is 3.66. The van der Waals surface area contributed by atoms with Crippen LogP contribution in [-0.4, -0.2) is 30.2 Å². The number of rotatable bonds is 3. The van der Waals surface area contributed by atoms with Crippen LogP contribution in [0.5, 0.6) is 5.75 Å². The van der Waals surface area contributed by atoms with Gasteiger partial charge in [-0.2, -0.15) is 0 Å². The number of ether oxygens (including phenoxy) is 1. The predicted octanol–water partition coefficient (Wildman–Crippen LogP) is 2.43. The number of nitrogens with two attached hydrogens (primary N) is 1. The van der Waals surface area contributed by atoms with Gasteiger partial charge in [0.25, 0.3) is 0 Å². The molecule has 4 nitrogen and oxygen atoms in total. The van der Waals surface area contributed by atoms with Crippen LogP contribution in [0.2, 0.25) is 0 Å². The molecule has 3 rings (SSSR count). The van der Waals surface area contributed by atoms with Crippen LogP contribution >= 0.6 is 0 Å². The Morgan fingerprint density at radius 1 is 1.35 bits per heavy atom. The maximum Gasteiger partial charge on any atom is 0.171 e. The maximum atomic E-state index is 6.30. The number of hydrogen-bond donors (Lipinski definition) is 1. The number of hydrogen-bond acceptors (Lipinski definition) is 4. The molecule has 3 atom stereocenters. The van der Waals surface area contributed by atoms with Crippen molar-refractivity contribution in [3.05, 3.63) is 18.3 Å². The van der Waals surface area contributed by atoms with Crippen LogP contribution in [0.1, 0.15) is 33.1 Å². The largest absolute Gasteiger partial charge is 0.487 e. The van der Waals surface area contributed by atoms with Crippen LogP contribution in [0.15, 0.2) is 18.3 Å². The summed E-state index contributed by atoms with van der Waals surface area (Å²) in [7, 11) is 0. The molecular formula is C16H25N3O. The molecule has 1 aromatic rings. The molecule has 1 aromatic heterocycles. The first-order valence-corrected chi connectivity index (χ1v) is 7.77. The number of aromatic nitrogens is 1. The first-order chi connectivity index (χ1) is 9.65. The monoisotopic (exact) mass is 275 g/mol. The maximum absolute atomic E-state index is 6.30. The van der Waals surface area contributed by atoms with E-state index in [1.54, 1.807) is 0 Å². The Hall–Kier alpha value is -1.29. The molecule has 2 N–H and O–H groups in total. The van der Waals surface area contributed by atoms with Gasteiger partial charge in [-0.1, -0.05) is 6.42 Å². The molecule has 0 amide bonds. The minimum atomic E-state index is 0.171. The number of fused-ring (bicyclic) bond motifs is 1. The standard InChI is InChI=1S/C16H25N3O/c1-11(2)20-15-7-4-8-18-16(15)19-9-12-5-3-6-14(17)13(12)10-19/h4,7-8,11-14H,3,5-6,9-10,17H2,1-2H3. The van der Waals surface area contributed by atoms with E-state index in [1.165, 1.54) is 19.3 Å². The smallest absolute Gasteiger partial charge is 0.171 e. The Kier molecular flexibility index (Phi) is 3.83. The van der Waals surface area contributed by atoms with E-state index in [9.17, 15) is 0 Å². The van der Waals surface area contributed by atoms with Crippen molar-refractivity contribution in [2.24, 2.45) is 17.6 Å². The van der Waals surface area contributed by atoms with Crippen LogP contribution < -0.4 is 15.4 Å². The SMILES string of the molecule is CC(C)Oc1cccnc1N1CC2CCCC(N)C2C1. The molecule has 110 valence electrons. The summed E-state index contributed by atoms with van der Waals surface area (Å²) in [6, 6.07) is 4.32. The van der Waals surface area contributed by atoms with Gasteiger partial charge in [0.2, 0.25) is 0 Å². The zero-order valence-electron chi connectivity index (χ0n) is 12.5. The van der Waals surface area contributed by atoms with Crippen molar-refractivity contribution in [3.8, 4) is 5.75 Å². The molecule has 1 saturated heterocycles. The third-order valence-electron chi connectivity index (χ3n) is 4.57. The van der Waals surface area contributed by atoms with Crippen molar-refractivity contribution in [3.63, 3.8) is 0 Å². The molecule has 4 heteroatoms. The third-order valence-corrected chi connectivity index (χ3v) is 4.57. The molecule has 2 heterocycles. The Labute approximate surface area is 121 Å². The lowest BCUT2D eigenvalue weighted by atomic mass is 9.78. The molecule has 2 aliphatic rings. The van der Waals surface area contributed by atoms with E-state index < -0.39 is 0 Å². The van der Waals surface area contributed by atoms with E-state index in [0.29, 0.717) is 12.0 Å². The second kappa shape index (κ2) is 5.60. The van der Waals surface area contributed by atoms with Crippen molar-refractivity contribution in [1.29, 1.82) is 0 Å². The average molecular weight is 275 g/mol. The van der Waals surface area contributed by atoms with Crippen molar-refractivity contribution >= 4 is 5.82 Å². The minimum absolute atomic E-state index is 0.171. The minimum Gasteiger partial charge on any atom is -0.487 e. The highest BCUT2D eigenvalue weighted by Crippen LogP contribution is 2.39. The molecule has 0 spiro atoms. The first kappa shape index (κ1) is 13.7. The van der Waals surface area contributed by atoms with E-state index in [4.69, 9.17) is 10.5 Å². The van der Waals surface area contributed by atoms with E-state index in [0.717, 1.165) is 30.6 Å². The van der Waals surface area contributed by atoms with Gasteiger partial charge in [-0.3, -0.25) is 0 Å². The zero-order valence-corrected chi connectivity index (χ0v) is 12.5. The number of nitrogens with zero attached hydrogens (tertiary/aromatic N) is 2. The Morgan fingerprint density at radius 2 is 2.20 bits per heavy atom. The first-order valence-electron chi connectivity index (χ1n) is 7.77. The lowest BCUT2D eigenvalue weighted by molar-refractivity contribution is 0.242. The van der Waals surface area contributed by atoms with Gasteiger partial charge >= 0.3 is 0 Å². The normalized spacial score (nSPS) is 29.6. The third kappa shape index (κ3) is 2.62. The zero-order chi connectivity index (χ0) is 14.1. The molecule has 1 aliphatic heterocycles. The summed E-state index contributed by atoms with van der Waals surface area (Å²) in [6.07, 6.45) is 5.78. The Balaban J connectivity index is 1.80. The highest BCUT2D eigenvalue weighted by atomic mass is 16.5. The topological polar surface area (TPSA) is 51.4 Å². The van der Waals surface area contributed by atoms with Gasteiger partial charge in [-0.15, -0.1) is 0 Å². The van der Waals surface area contributed by atoms with Crippen LogP contribution in [0, 0.1) is 11.8 Å². The lowest BCUT2D eigenvalue weighted by Gasteiger charge is -2.29. The van der Waals surface area contributed by atoms with Gasteiger partial charge in [0.1, 0.15) is 0 Å². The van der Waals surface area contributed by atoms with E-state index in [1.807, 2.05) is 18.3 Å². The Bertz CT molecular complexity index is 463. The van der Waals surface area contributed by atoms with Crippen molar-refractivity contribution in [2.75, 3.05) is 18.0 Å². The molecule has 0 radical (unpaired) electrons. The molecule has 2 fully saturated rings. The quantitative estimate of drug-likeness (QED) is 0.920. The lowest BCUT2D eigenvalue weighted by Crippen LogP contribution is -2.38. The van der Waals surface area contributed by atoms with Gasteiger partial charge in [0, 0.05) is 25.3 Å². The average Bonchev–Trinajstić information content (AvgIpc) is 2.84. The molecule has 0 bridgehead atoms. The van der Waals surface area contributed by atoms with Gasteiger partial charge in [0.05, 0.1) is 6.10 Å². The Morgan fingerprint density at radius 3 is 2.95 bits per heavy atom. The fourth-order valence-corrected chi connectivity index (χ4v) is 3.66. The molecule has 20 heavy (non-hydrogen) atoms. The summed E-state index contributed by atoms with van der Waals surface area (Å²) < 4.78 is 5.90. The van der Waals surface area contributed by atoms with Crippen LogP contribution in [0.4, 0.5) is 5.82 Å². The predicted molar refractivity (Wildman–Crippen MR) is 81.0 cm³/mol. The van der Waals surface area contributed by atoms with Gasteiger partial charge in [-0.05, 0) is 50.7 Å². The summed E-state index contributed by atoms with van der Waals surface area (Å²) in [4.78, 5) is 6.93. The fraction of sp³-hybridized carbons (Fsp3) is 0.688. The van der Waals surface area contributed by atoms with E-state index >= 15 is 0 Å². The van der Waals surface area contributed by atoms with Gasteiger partial charge in [0.15, 0.2) is 11.6 Å². The van der Waals surface area contributed by atoms with Crippen LogP contribution in [0.25, 0.3) is 0 Å². The van der Waals surface area contributed by atoms with E-state index in [-0.39, 0.29) is 6.10 Å². The second-order valence-electron chi connectivity index (χ2n) is 6.42.